The number of rotatable bonds is 6. The normalized spacial score (nSPS) is 54.0. The lowest BCUT2D eigenvalue weighted by molar-refractivity contribution is -0.311. The van der Waals surface area contributed by atoms with Crippen LogP contribution in [0.1, 0.15) is 151 Å². The zero-order valence-corrected chi connectivity index (χ0v) is 30.2. The van der Waals surface area contributed by atoms with Crippen LogP contribution in [0.2, 0.25) is 0 Å². The summed E-state index contributed by atoms with van der Waals surface area (Å²) in [5.74, 6) is 1.83. The van der Waals surface area contributed by atoms with Gasteiger partial charge in [0.15, 0.2) is 6.29 Å². The number of hydrogen-bond donors (Lipinski definition) is 3. The molecule has 0 aromatic carbocycles. The van der Waals surface area contributed by atoms with Crippen LogP contribution in [0.5, 0.6) is 0 Å². The molecule has 6 heteroatoms. The number of aliphatic hydroxyl groups is 2. The molecule has 6 aliphatic carbocycles. The molecular formula is C40H66O6. The number of aliphatic hydroxyl groups excluding tert-OH is 2. The van der Waals surface area contributed by atoms with Crippen molar-refractivity contribution in [3.8, 4) is 0 Å². The summed E-state index contributed by atoms with van der Waals surface area (Å²) in [7, 11) is 0. The molecule has 0 radical (unpaired) electrons. The Hall–Kier alpha value is -0.690. The fourth-order valence-electron chi connectivity index (χ4n) is 15.3. The summed E-state index contributed by atoms with van der Waals surface area (Å²) in [5.41, 5.74) is -0.658. The molecule has 7 fully saturated rings. The lowest BCUT2D eigenvalue weighted by Gasteiger charge is -2.65. The van der Waals surface area contributed by atoms with Gasteiger partial charge in [-0.05, 0) is 162 Å². The van der Waals surface area contributed by atoms with Gasteiger partial charge in [-0.15, -0.1) is 0 Å². The first-order chi connectivity index (χ1) is 21.5. The van der Waals surface area contributed by atoms with Gasteiger partial charge < -0.3 is 24.8 Å². The van der Waals surface area contributed by atoms with Crippen LogP contribution >= 0.6 is 0 Å². The summed E-state index contributed by atoms with van der Waals surface area (Å²) < 4.78 is 13.8. The smallest absolute Gasteiger partial charge is 0.309 e. The fourth-order valence-corrected chi connectivity index (χ4v) is 15.3. The molecule has 14 atom stereocenters. The van der Waals surface area contributed by atoms with Crippen LogP contribution in [-0.2, 0) is 14.3 Å². The van der Waals surface area contributed by atoms with E-state index in [4.69, 9.17) is 9.47 Å². The van der Waals surface area contributed by atoms with Gasteiger partial charge in [-0.2, -0.15) is 0 Å². The summed E-state index contributed by atoms with van der Waals surface area (Å²) in [4.78, 5) is 12.5. The van der Waals surface area contributed by atoms with Crippen LogP contribution in [-0.4, -0.2) is 51.5 Å². The van der Waals surface area contributed by atoms with Crippen molar-refractivity contribution in [2.24, 2.45) is 62.6 Å². The molecular weight excluding hydrogens is 576 g/mol. The van der Waals surface area contributed by atoms with Crippen molar-refractivity contribution < 1.29 is 29.6 Å². The van der Waals surface area contributed by atoms with E-state index in [0.29, 0.717) is 23.2 Å². The number of carboxylic acids is 1. The maximum absolute atomic E-state index is 12.5. The van der Waals surface area contributed by atoms with E-state index < -0.39 is 29.4 Å². The second-order valence-corrected chi connectivity index (χ2v) is 20.0. The summed E-state index contributed by atoms with van der Waals surface area (Å²) in [6.07, 6.45) is 15.8. The minimum Gasteiger partial charge on any atom is -0.481 e. The summed E-state index contributed by atoms with van der Waals surface area (Å²) in [5, 5.41) is 33.0. The second-order valence-electron chi connectivity index (χ2n) is 20.0. The number of carboxylic acid groups (broad SMARTS) is 1. The van der Waals surface area contributed by atoms with Gasteiger partial charge in [-0.25, -0.2) is 0 Å². The monoisotopic (exact) mass is 642 g/mol. The molecule has 0 aromatic heterocycles. The Labute approximate surface area is 279 Å². The third-order valence-corrected chi connectivity index (χ3v) is 17.3. The standard InChI is InChI=1S/C40H66O6/c1-34(2)15-8-16-35(3)27(34)12-19-38(6)29(35)13-20-39(7,46-38)31(24-41)45-32(42)26-23-40-21-14-28-36(4,30(40)11-10-25(26)22-40)17-9-18-37(28,5)33(43)44/h25-32,41-42H,8-24H2,1-7H3,(H,43,44)/t25-,26-,27-,28+,29+,30+,31+,32+,35-,36-,37-,38+,39+,40+/m1/s1. The van der Waals surface area contributed by atoms with Gasteiger partial charge in [-0.1, -0.05) is 40.5 Å². The minimum absolute atomic E-state index is 0.0432. The zero-order chi connectivity index (χ0) is 33.1. The molecule has 1 spiro atoms. The number of hydrogen-bond acceptors (Lipinski definition) is 5. The molecule has 7 rings (SSSR count). The van der Waals surface area contributed by atoms with E-state index in [0.717, 1.165) is 83.0 Å². The average Bonchev–Trinajstić information content (AvgIpc) is 3.24. The Morgan fingerprint density at radius 2 is 1.41 bits per heavy atom. The minimum atomic E-state index is -0.917. The predicted octanol–water partition coefficient (Wildman–Crippen LogP) is 8.37. The van der Waals surface area contributed by atoms with Crippen molar-refractivity contribution in [2.45, 2.75) is 175 Å². The highest BCUT2D eigenvalue weighted by Gasteiger charge is 2.67. The Kier molecular flexibility index (Phi) is 8.01. The highest BCUT2D eigenvalue weighted by molar-refractivity contribution is 5.75. The molecule has 1 aliphatic heterocycles. The van der Waals surface area contributed by atoms with Gasteiger partial charge in [0.25, 0.3) is 0 Å². The van der Waals surface area contributed by atoms with E-state index >= 15 is 0 Å². The Bertz CT molecular complexity index is 1200. The van der Waals surface area contributed by atoms with Gasteiger partial charge in [0.2, 0.25) is 0 Å². The number of aliphatic carboxylic acids is 1. The third kappa shape index (κ3) is 4.71. The number of fused-ring (bicyclic) bond motifs is 6. The molecule has 0 unspecified atom stereocenters. The van der Waals surface area contributed by atoms with Crippen molar-refractivity contribution in [3.63, 3.8) is 0 Å². The van der Waals surface area contributed by atoms with Crippen LogP contribution in [0.3, 0.4) is 0 Å². The quantitative estimate of drug-likeness (QED) is 0.252. The van der Waals surface area contributed by atoms with Crippen LogP contribution in [0.4, 0.5) is 0 Å². The van der Waals surface area contributed by atoms with Crippen molar-refractivity contribution in [2.75, 3.05) is 6.61 Å². The first kappa shape index (κ1) is 33.8. The van der Waals surface area contributed by atoms with Gasteiger partial charge in [0.05, 0.1) is 23.2 Å². The molecule has 2 bridgehead atoms. The average molecular weight is 643 g/mol. The van der Waals surface area contributed by atoms with Crippen molar-refractivity contribution in [1.29, 1.82) is 0 Å². The lowest BCUT2D eigenvalue weighted by Crippen LogP contribution is -2.65. The predicted molar refractivity (Wildman–Crippen MR) is 179 cm³/mol. The molecule has 0 amide bonds. The molecule has 1 heterocycles. The van der Waals surface area contributed by atoms with E-state index in [2.05, 4.69) is 41.5 Å². The number of ether oxygens (including phenoxy) is 2. The topological polar surface area (TPSA) is 96.2 Å². The highest BCUT2D eigenvalue weighted by atomic mass is 16.6. The van der Waals surface area contributed by atoms with E-state index in [1.54, 1.807) is 0 Å². The Morgan fingerprint density at radius 3 is 2.11 bits per heavy atom. The third-order valence-electron chi connectivity index (χ3n) is 17.3. The largest absolute Gasteiger partial charge is 0.481 e. The van der Waals surface area contributed by atoms with Crippen LogP contribution in [0, 0.1) is 62.6 Å². The van der Waals surface area contributed by atoms with E-state index in [9.17, 15) is 20.1 Å². The van der Waals surface area contributed by atoms with Crippen LogP contribution in [0.25, 0.3) is 0 Å². The number of carbonyl (C=O) groups is 1. The second kappa shape index (κ2) is 10.9. The molecule has 1 saturated heterocycles. The molecule has 6 saturated carbocycles. The summed E-state index contributed by atoms with van der Waals surface area (Å²) in [6, 6.07) is 0. The van der Waals surface area contributed by atoms with E-state index in [-0.39, 0.29) is 40.3 Å². The first-order valence-corrected chi connectivity index (χ1v) is 19.3. The molecule has 6 nitrogen and oxygen atoms in total. The van der Waals surface area contributed by atoms with Crippen LogP contribution < -0.4 is 0 Å². The molecule has 46 heavy (non-hydrogen) atoms. The Morgan fingerprint density at radius 1 is 0.761 bits per heavy atom. The van der Waals surface area contributed by atoms with Crippen molar-refractivity contribution in [1.82, 2.24) is 0 Å². The highest BCUT2D eigenvalue weighted by Crippen LogP contribution is 2.73. The van der Waals surface area contributed by atoms with Crippen molar-refractivity contribution in [3.05, 3.63) is 0 Å². The summed E-state index contributed by atoms with van der Waals surface area (Å²) in [6.45, 7) is 16.3. The van der Waals surface area contributed by atoms with Crippen molar-refractivity contribution >= 4 is 5.97 Å². The van der Waals surface area contributed by atoms with Gasteiger partial charge in [0, 0.05) is 5.92 Å². The maximum atomic E-state index is 12.5. The SMILES string of the molecule is CC1(C)CCC[C@]2(C)[C@@H]1CC[C@]1(C)O[C@](C)([C@H](CO)O[C@H](O)[C@@H]3C[C@@]45CC[C@H]6[C@@](C)(CCC[C@@]6(C)C(=O)O)[C@@H]4CC[C@@H]3C5)CC[C@@H]21. The van der Waals surface area contributed by atoms with E-state index in [1.807, 2.05) is 6.92 Å². The maximum Gasteiger partial charge on any atom is 0.309 e. The zero-order valence-electron chi connectivity index (χ0n) is 30.2. The van der Waals surface area contributed by atoms with E-state index in [1.165, 1.54) is 25.7 Å². The lowest BCUT2D eigenvalue weighted by atomic mass is 9.41. The van der Waals surface area contributed by atoms with Gasteiger partial charge in [-0.3, -0.25) is 4.79 Å². The molecule has 3 N–H and O–H groups in total. The fraction of sp³-hybridized carbons (Fsp3) is 0.975. The van der Waals surface area contributed by atoms with Gasteiger partial charge in [0.1, 0.15) is 6.10 Å². The van der Waals surface area contributed by atoms with Crippen LogP contribution in [0.15, 0.2) is 0 Å². The molecule has 7 aliphatic rings. The summed E-state index contributed by atoms with van der Waals surface area (Å²) >= 11 is 0. The molecule has 262 valence electrons. The van der Waals surface area contributed by atoms with Gasteiger partial charge >= 0.3 is 5.97 Å². The molecule has 0 aromatic rings. The first-order valence-electron chi connectivity index (χ1n) is 19.3. The Balaban J connectivity index is 1.06.